The lowest BCUT2D eigenvalue weighted by Gasteiger charge is -2.27. The summed E-state index contributed by atoms with van der Waals surface area (Å²) in [7, 11) is 0. The Balaban J connectivity index is 1.79. The van der Waals surface area contributed by atoms with Crippen molar-refractivity contribution in [1.82, 2.24) is 15.3 Å². The zero-order chi connectivity index (χ0) is 16.6. The average molecular weight is 334 g/mol. The molecule has 0 atom stereocenters. The van der Waals surface area contributed by atoms with Crippen LogP contribution < -0.4 is 11.1 Å². The van der Waals surface area contributed by atoms with Gasteiger partial charge in [0.1, 0.15) is 16.5 Å². The first-order valence-corrected chi connectivity index (χ1v) is 8.76. The molecule has 2 aromatic rings. The highest BCUT2D eigenvalue weighted by molar-refractivity contribution is 7.20. The number of nitrogens with one attached hydrogen (secondary N) is 1. The molecule has 1 aliphatic carbocycles. The lowest BCUT2D eigenvalue weighted by Crippen LogP contribution is -2.38. The van der Waals surface area contributed by atoms with Crippen LogP contribution in [-0.2, 0) is 0 Å². The summed E-state index contributed by atoms with van der Waals surface area (Å²) >= 11 is 1.37. The van der Waals surface area contributed by atoms with Crippen molar-refractivity contribution in [2.24, 2.45) is 5.92 Å². The summed E-state index contributed by atoms with van der Waals surface area (Å²) in [4.78, 5) is 22.6. The summed E-state index contributed by atoms with van der Waals surface area (Å²) in [6.45, 7) is 3.93. The van der Waals surface area contributed by atoms with Gasteiger partial charge in [0.05, 0.1) is 10.3 Å². The molecule has 7 heteroatoms. The summed E-state index contributed by atoms with van der Waals surface area (Å²) in [5.41, 5.74) is 6.84. The zero-order valence-corrected chi connectivity index (χ0v) is 14.2. The maximum Gasteiger partial charge on any atom is 0.261 e. The molecule has 3 rings (SSSR count). The number of carbonyl (C=O) groups excluding carboxylic acids is 1. The number of aryl methyl sites for hydroxylation is 2. The van der Waals surface area contributed by atoms with Crippen LogP contribution in [0.2, 0.25) is 0 Å². The number of nitrogens with zero attached hydrogens (tertiary/aromatic N) is 2. The molecule has 0 bridgehead atoms. The van der Waals surface area contributed by atoms with E-state index in [2.05, 4.69) is 15.3 Å². The molecule has 23 heavy (non-hydrogen) atoms. The number of amides is 1. The van der Waals surface area contributed by atoms with Gasteiger partial charge < -0.3 is 16.2 Å². The van der Waals surface area contributed by atoms with E-state index in [9.17, 15) is 9.90 Å². The van der Waals surface area contributed by atoms with Gasteiger partial charge in [0.25, 0.3) is 5.91 Å². The SMILES string of the molecule is Cc1nc(N)c2c(C)c(C(=O)NC3CCC(CO)CC3)sc2n1. The molecule has 4 N–H and O–H groups in total. The van der Waals surface area contributed by atoms with Gasteiger partial charge in [-0.3, -0.25) is 4.79 Å². The quantitative estimate of drug-likeness (QED) is 0.798. The van der Waals surface area contributed by atoms with Gasteiger partial charge in [0.15, 0.2) is 0 Å². The van der Waals surface area contributed by atoms with Crippen LogP contribution in [0.15, 0.2) is 0 Å². The fourth-order valence-electron chi connectivity index (χ4n) is 3.24. The summed E-state index contributed by atoms with van der Waals surface area (Å²) in [5, 5.41) is 13.1. The van der Waals surface area contributed by atoms with E-state index in [0.29, 0.717) is 22.4 Å². The molecule has 0 spiro atoms. The van der Waals surface area contributed by atoms with Crippen LogP contribution in [0, 0.1) is 19.8 Å². The Kier molecular flexibility index (Phi) is 4.50. The smallest absolute Gasteiger partial charge is 0.261 e. The molecule has 1 saturated carbocycles. The number of rotatable bonds is 3. The molecule has 0 saturated heterocycles. The summed E-state index contributed by atoms with van der Waals surface area (Å²) in [5.74, 6) is 1.37. The van der Waals surface area contributed by atoms with Crippen molar-refractivity contribution in [3.05, 3.63) is 16.3 Å². The molecule has 2 aromatic heterocycles. The van der Waals surface area contributed by atoms with Gasteiger partial charge in [-0.25, -0.2) is 9.97 Å². The van der Waals surface area contributed by atoms with Crippen LogP contribution in [-0.4, -0.2) is 33.6 Å². The highest BCUT2D eigenvalue weighted by Gasteiger charge is 2.25. The third-order valence-corrected chi connectivity index (χ3v) is 5.76. The van der Waals surface area contributed by atoms with Crippen molar-refractivity contribution in [2.75, 3.05) is 12.3 Å². The molecular formula is C16H22N4O2S. The number of hydrogen-bond acceptors (Lipinski definition) is 6. The second-order valence-electron chi connectivity index (χ2n) is 6.27. The number of nitrogens with two attached hydrogens (primary N) is 1. The molecule has 6 nitrogen and oxygen atoms in total. The Morgan fingerprint density at radius 2 is 2.00 bits per heavy atom. The van der Waals surface area contributed by atoms with Crippen LogP contribution in [0.1, 0.15) is 46.7 Å². The van der Waals surface area contributed by atoms with Crippen LogP contribution in [0.5, 0.6) is 0 Å². The van der Waals surface area contributed by atoms with Gasteiger partial charge in [-0.2, -0.15) is 0 Å². The Morgan fingerprint density at radius 3 is 2.65 bits per heavy atom. The number of fused-ring (bicyclic) bond motifs is 1. The number of hydrogen-bond donors (Lipinski definition) is 3. The molecule has 0 unspecified atom stereocenters. The van der Waals surface area contributed by atoms with Crippen molar-refractivity contribution >= 4 is 33.3 Å². The van der Waals surface area contributed by atoms with E-state index in [1.165, 1.54) is 11.3 Å². The van der Waals surface area contributed by atoms with Crippen LogP contribution in [0.25, 0.3) is 10.2 Å². The molecule has 1 amide bonds. The number of nitrogen functional groups attached to an aromatic ring is 1. The zero-order valence-electron chi connectivity index (χ0n) is 13.4. The molecule has 0 aliphatic heterocycles. The van der Waals surface area contributed by atoms with E-state index in [0.717, 1.165) is 41.5 Å². The average Bonchev–Trinajstić information content (AvgIpc) is 2.85. The topological polar surface area (TPSA) is 101 Å². The van der Waals surface area contributed by atoms with Crippen molar-refractivity contribution in [3.8, 4) is 0 Å². The van der Waals surface area contributed by atoms with E-state index >= 15 is 0 Å². The monoisotopic (exact) mass is 334 g/mol. The van der Waals surface area contributed by atoms with Crippen molar-refractivity contribution < 1.29 is 9.90 Å². The fraction of sp³-hybridized carbons (Fsp3) is 0.562. The number of carbonyl (C=O) groups is 1. The lowest BCUT2D eigenvalue weighted by atomic mass is 9.86. The first-order valence-electron chi connectivity index (χ1n) is 7.94. The molecule has 2 heterocycles. The van der Waals surface area contributed by atoms with Gasteiger partial charge in [-0.15, -0.1) is 11.3 Å². The Morgan fingerprint density at radius 1 is 1.30 bits per heavy atom. The first-order chi connectivity index (χ1) is 11.0. The standard InChI is InChI=1S/C16H22N4O2S/c1-8-12-14(17)18-9(2)19-16(12)23-13(8)15(22)20-11-5-3-10(7-21)4-6-11/h10-11,21H,3-7H2,1-2H3,(H,20,22)(H2,17,18,19). The van der Waals surface area contributed by atoms with Gasteiger partial charge >= 0.3 is 0 Å². The third kappa shape index (κ3) is 3.16. The van der Waals surface area contributed by atoms with Gasteiger partial charge in [-0.05, 0) is 51.0 Å². The van der Waals surface area contributed by atoms with E-state index in [1.54, 1.807) is 6.92 Å². The second kappa shape index (κ2) is 6.41. The van der Waals surface area contributed by atoms with E-state index < -0.39 is 0 Å². The fourth-order valence-corrected chi connectivity index (χ4v) is 4.38. The lowest BCUT2D eigenvalue weighted by molar-refractivity contribution is 0.0917. The Labute approximate surface area is 139 Å². The maximum atomic E-state index is 12.6. The first kappa shape index (κ1) is 16.1. The number of aromatic nitrogens is 2. The van der Waals surface area contributed by atoms with Crippen LogP contribution >= 0.6 is 11.3 Å². The molecule has 124 valence electrons. The minimum atomic E-state index is -0.0602. The molecular weight excluding hydrogens is 312 g/mol. The summed E-state index contributed by atoms with van der Waals surface area (Å²) in [6.07, 6.45) is 3.76. The van der Waals surface area contributed by atoms with Gasteiger partial charge in [0, 0.05) is 12.6 Å². The predicted molar refractivity (Wildman–Crippen MR) is 91.6 cm³/mol. The summed E-state index contributed by atoms with van der Waals surface area (Å²) < 4.78 is 0. The van der Waals surface area contributed by atoms with E-state index in [1.807, 2.05) is 6.92 Å². The Bertz CT molecular complexity index is 735. The van der Waals surface area contributed by atoms with E-state index in [-0.39, 0.29) is 18.6 Å². The minimum absolute atomic E-state index is 0.0602. The largest absolute Gasteiger partial charge is 0.396 e. The predicted octanol–water partition coefficient (Wildman–Crippen LogP) is 2.17. The van der Waals surface area contributed by atoms with E-state index in [4.69, 9.17) is 5.73 Å². The van der Waals surface area contributed by atoms with Crippen molar-refractivity contribution in [1.29, 1.82) is 0 Å². The van der Waals surface area contributed by atoms with Crippen molar-refractivity contribution in [2.45, 2.75) is 45.6 Å². The maximum absolute atomic E-state index is 12.6. The molecule has 1 aliphatic rings. The number of aliphatic hydroxyl groups excluding tert-OH is 1. The molecule has 0 radical (unpaired) electrons. The van der Waals surface area contributed by atoms with Crippen LogP contribution in [0.4, 0.5) is 5.82 Å². The van der Waals surface area contributed by atoms with Gasteiger partial charge in [-0.1, -0.05) is 0 Å². The minimum Gasteiger partial charge on any atom is -0.396 e. The van der Waals surface area contributed by atoms with Crippen molar-refractivity contribution in [3.63, 3.8) is 0 Å². The molecule has 0 aromatic carbocycles. The normalized spacial score (nSPS) is 21.5. The number of thiophene rings is 1. The Hall–Kier alpha value is -1.73. The molecule has 1 fully saturated rings. The second-order valence-corrected chi connectivity index (χ2v) is 7.27. The number of aliphatic hydroxyl groups is 1. The number of anilines is 1. The third-order valence-electron chi connectivity index (χ3n) is 4.58. The highest BCUT2D eigenvalue weighted by atomic mass is 32.1. The summed E-state index contributed by atoms with van der Waals surface area (Å²) in [6, 6.07) is 0.181. The van der Waals surface area contributed by atoms with Crippen LogP contribution in [0.3, 0.4) is 0 Å². The van der Waals surface area contributed by atoms with Gasteiger partial charge in [0.2, 0.25) is 0 Å². The highest BCUT2D eigenvalue weighted by Crippen LogP contribution is 2.33.